The van der Waals surface area contributed by atoms with Crippen LogP contribution in [-0.2, 0) is 9.53 Å². The van der Waals surface area contributed by atoms with E-state index in [0.717, 1.165) is 25.4 Å². The van der Waals surface area contributed by atoms with Gasteiger partial charge in [-0.3, -0.25) is 4.79 Å². The van der Waals surface area contributed by atoms with E-state index in [1.54, 1.807) is 0 Å². The molecule has 1 aliphatic carbocycles. The molecule has 3 heteroatoms. The van der Waals surface area contributed by atoms with Crippen molar-refractivity contribution in [3.63, 3.8) is 0 Å². The summed E-state index contributed by atoms with van der Waals surface area (Å²) in [5.41, 5.74) is 0. The first-order valence-corrected chi connectivity index (χ1v) is 5.10. The number of ether oxygens (including phenoxy) is 1. The third-order valence-corrected chi connectivity index (χ3v) is 2.39. The largest absolute Gasteiger partial charge is 0.469 e. The van der Waals surface area contributed by atoms with Gasteiger partial charge < -0.3 is 10.1 Å². The Hall–Kier alpha value is -0.570. The topological polar surface area (TPSA) is 38.3 Å². The van der Waals surface area contributed by atoms with Crippen LogP contribution >= 0.6 is 0 Å². The third kappa shape index (κ3) is 5.64. The molecule has 13 heavy (non-hydrogen) atoms. The Bertz CT molecular complexity index is 155. The Labute approximate surface area is 79.8 Å². The maximum Gasteiger partial charge on any atom is 0.305 e. The monoisotopic (exact) mass is 185 g/mol. The van der Waals surface area contributed by atoms with E-state index in [9.17, 15) is 4.79 Å². The Morgan fingerprint density at radius 3 is 2.85 bits per heavy atom. The Kier molecular flexibility index (Phi) is 4.83. The van der Waals surface area contributed by atoms with Gasteiger partial charge in [0, 0.05) is 6.42 Å². The van der Waals surface area contributed by atoms with Gasteiger partial charge in [0.05, 0.1) is 7.11 Å². The number of carbonyl (C=O) groups excluding carboxylic acids is 1. The lowest BCUT2D eigenvalue weighted by atomic mass is 10.3. The van der Waals surface area contributed by atoms with Gasteiger partial charge >= 0.3 is 5.97 Å². The van der Waals surface area contributed by atoms with Crippen molar-refractivity contribution in [2.24, 2.45) is 5.92 Å². The van der Waals surface area contributed by atoms with E-state index in [1.807, 2.05) is 0 Å². The number of carbonyl (C=O) groups is 1. The molecule has 0 radical (unpaired) electrons. The van der Waals surface area contributed by atoms with E-state index in [4.69, 9.17) is 0 Å². The van der Waals surface area contributed by atoms with E-state index in [-0.39, 0.29) is 5.97 Å². The first kappa shape index (κ1) is 10.5. The highest BCUT2D eigenvalue weighted by Crippen LogP contribution is 2.31. The van der Waals surface area contributed by atoms with Crippen molar-refractivity contribution in [1.29, 1.82) is 0 Å². The Morgan fingerprint density at radius 2 is 2.23 bits per heavy atom. The predicted molar refractivity (Wildman–Crippen MR) is 51.5 cm³/mol. The van der Waals surface area contributed by atoms with Gasteiger partial charge in [0.25, 0.3) is 0 Å². The van der Waals surface area contributed by atoms with Crippen LogP contribution in [0.2, 0.25) is 0 Å². The fourth-order valence-electron chi connectivity index (χ4n) is 1.30. The molecule has 1 rings (SSSR count). The average Bonchev–Trinajstić information content (AvgIpc) is 2.94. The zero-order valence-corrected chi connectivity index (χ0v) is 8.34. The van der Waals surface area contributed by atoms with Crippen LogP contribution in [0.15, 0.2) is 0 Å². The summed E-state index contributed by atoms with van der Waals surface area (Å²) < 4.78 is 4.54. The van der Waals surface area contributed by atoms with Crippen LogP contribution < -0.4 is 5.32 Å². The predicted octanol–water partition coefficient (Wildman–Crippen LogP) is 1.33. The minimum atomic E-state index is -0.107. The molecule has 0 saturated heterocycles. The molecule has 3 nitrogen and oxygen atoms in total. The molecule has 0 aromatic rings. The van der Waals surface area contributed by atoms with Crippen molar-refractivity contribution in [1.82, 2.24) is 5.32 Å². The van der Waals surface area contributed by atoms with E-state index in [1.165, 1.54) is 26.4 Å². The minimum absolute atomic E-state index is 0.107. The molecule has 1 fully saturated rings. The summed E-state index contributed by atoms with van der Waals surface area (Å²) in [6.45, 7) is 2.04. The van der Waals surface area contributed by atoms with Gasteiger partial charge in [-0.2, -0.15) is 0 Å². The van der Waals surface area contributed by atoms with E-state index >= 15 is 0 Å². The van der Waals surface area contributed by atoms with Gasteiger partial charge in [-0.15, -0.1) is 0 Å². The van der Waals surface area contributed by atoms with Gasteiger partial charge in [-0.25, -0.2) is 0 Å². The van der Waals surface area contributed by atoms with Crippen molar-refractivity contribution >= 4 is 5.97 Å². The molecule has 0 aromatic carbocycles. The maximum absolute atomic E-state index is 10.7. The van der Waals surface area contributed by atoms with Gasteiger partial charge in [0.1, 0.15) is 0 Å². The SMILES string of the molecule is COC(=O)CCCNCCC1CC1. The molecule has 1 saturated carbocycles. The number of esters is 1. The third-order valence-electron chi connectivity index (χ3n) is 2.39. The van der Waals surface area contributed by atoms with Crippen molar-refractivity contribution in [2.45, 2.75) is 32.1 Å². The smallest absolute Gasteiger partial charge is 0.305 e. The number of rotatable bonds is 7. The highest BCUT2D eigenvalue weighted by molar-refractivity contribution is 5.68. The summed E-state index contributed by atoms with van der Waals surface area (Å²) in [7, 11) is 1.43. The van der Waals surface area contributed by atoms with E-state index < -0.39 is 0 Å². The Morgan fingerprint density at radius 1 is 1.46 bits per heavy atom. The van der Waals surface area contributed by atoms with Crippen molar-refractivity contribution < 1.29 is 9.53 Å². The first-order valence-electron chi connectivity index (χ1n) is 5.10. The van der Waals surface area contributed by atoms with Crippen LogP contribution in [-0.4, -0.2) is 26.2 Å². The molecule has 0 spiro atoms. The van der Waals surface area contributed by atoms with Crippen LogP contribution in [0.25, 0.3) is 0 Å². The van der Waals surface area contributed by atoms with E-state index in [2.05, 4.69) is 10.1 Å². The minimum Gasteiger partial charge on any atom is -0.469 e. The van der Waals surface area contributed by atoms with Crippen molar-refractivity contribution in [3.05, 3.63) is 0 Å². The van der Waals surface area contributed by atoms with Crippen molar-refractivity contribution in [3.8, 4) is 0 Å². The molecule has 0 heterocycles. The summed E-state index contributed by atoms with van der Waals surface area (Å²) in [6, 6.07) is 0. The molecule has 76 valence electrons. The summed E-state index contributed by atoms with van der Waals surface area (Å²) >= 11 is 0. The second-order valence-corrected chi connectivity index (χ2v) is 3.66. The lowest BCUT2D eigenvalue weighted by Crippen LogP contribution is -2.18. The number of methoxy groups -OCH3 is 1. The molecule has 0 atom stereocenters. The molecule has 1 aliphatic rings. The second kappa shape index (κ2) is 5.97. The van der Waals surface area contributed by atoms with Gasteiger partial charge in [0.15, 0.2) is 0 Å². The number of hydrogen-bond acceptors (Lipinski definition) is 3. The first-order chi connectivity index (χ1) is 6.33. The van der Waals surface area contributed by atoms with Crippen LogP contribution in [0, 0.1) is 5.92 Å². The zero-order valence-electron chi connectivity index (χ0n) is 8.34. The van der Waals surface area contributed by atoms with Gasteiger partial charge in [-0.1, -0.05) is 12.8 Å². The second-order valence-electron chi connectivity index (χ2n) is 3.66. The molecule has 0 aromatic heterocycles. The van der Waals surface area contributed by atoms with Crippen molar-refractivity contribution in [2.75, 3.05) is 20.2 Å². The lowest BCUT2D eigenvalue weighted by molar-refractivity contribution is -0.140. The maximum atomic E-state index is 10.7. The van der Waals surface area contributed by atoms with Crippen LogP contribution in [0.5, 0.6) is 0 Å². The normalized spacial score (nSPS) is 15.8. The lowest BCUT2D eigenvalue weighted by Gasteiger charge is -2.02. The molecular weight excluding hydrogens is 166 g/mol. The fraction of sp³-hybridized carbons (Fsp3) is 0.900. The standard InChI is InChI=1S/C10H19NO2/c1-13-10(12)3-2-7-11-8-6-9-4-5-9/h9,11H,2-8H2,1H3. The van der Waals surface area contributed by atoms with Crippen LogP contribution in [0.4, 0.5) is 0 Å². The fourth-order valence-corrected chi connectivity index (χ4v) is 1.30. The molecule has 0 amide bonds. The summed E-state index contributed by atoms with van der Waals surface area (Å²) in [5.74, 6) is 0.886. The highest BCUT2D eigenvalue weighted by Gasteiger charge is 2.19. The van der Waals surface area contributed by atoms with Crippen LogP contribution in [0.3, 0.4) is 0 Å². The molecular formula is C10H19NO2. The number of hydrogen-bond donors (Lipinski definition) is 1. The Balaban J connectivity index is 1.75. The molecule has 0 aliphatic heterocycles. The summed E-state index contributed by atoms with van der Waals surface area (Å²) in [5, 5.41) is 3.33. The molecule has 1 N–H and O–H groups in total. The van der Waals surface area contributed by atoms with Gasteiger partial charge in [0.2, 0.25) is 0 Å². The molecule has 0 unspecified atom stereocenters. The molecule has 0 bridgehead atoms. The number of nitrogens with one attached hydrogen (secondary N) is 1. The summed E-state index contributed by atoms with van der Waals surface area (Å²) in [4.78, 5) is 10.7. The average molecular weight is 185 g/mol. The van der Waals surface area contributed by atoms with E-state index in [0.29, 0.717) is 6.42 Å². The highest BCUT2D eigenvalue weighted by atomic mass is 16.5. The zero-order chi connectivity index (χ0) is 9.52. The quantitative estimate of drug-likeness (QED) is 0.480. The van der Waals surface area contributed by atoms with Gasteiger partial charge in [-0.05, 0) is 31.8 Å². The van der Waals surface area contributed by atoms with Crippen LogP contribution in [0.1, 0.15) is 32.1 Å². The summed E-state index contributed by atoms with van der Waals surface area (Å²) in [6.07, 6.45) is 5.57.